The number of nitrogens with one attached hydrogen (secondary N) is 5. The summed E-state index contributed by atoms with van der Waals surface area (Å²) >= 11 is 0. The van der Waals surface area contributed by atoms with Crippen LogP contribution in [0.4, 0.5) is 11.6 Å². The number of ether oxygens (including phenoxy) is 4. The van der Waals surface area contributed by atoms with Crippen LogP contribution in [0.5, 0.6) is 23.0 Å². The standard InChI is InChI=1S/C23H26N6O4.C22H25N5O3/c1-14(30)25-9-10-28-23(31)20(21-26-18-7-5-6-8-19(18)27-21)22(24-2)29(28)15-11-16(32-3)13-17(12-15)33-4;1-13(2)26-21(23-3)19(20-24-17-8-6-7-9-18(17)25-20)22(28)27(26)14-10-15(29-4)12-16(11-14)30-5/h5-8,11-13,24H,9-10H2,1-4H3,(H,25,30)(H,26,27);6-13,23H,1-5H3,(H,24,25). The van der Waals surface area contributed by atoms with E-state index in [1.54, 1.807) is 80.8 Å². The van der Waals surface area contributed by atoms with Crippen molar-refractivity contribution in [3.05, 3.63) is 106 Å². The van der Waals surface area contributed by atoms with E-state index in [1.807, 2.05) is 79.2 Å². The van der Waals surface area contributed by atoms with Crippen molar-refractivity contribution in [2.75, 3.05) is 59.7 Å². The van der Waals surface area contributed by atoms with E-state index < -0.39 is 0 Å². The largest absolute Gasteiger partial charge is 0.497 e. The van der Waals surface area contributed by atoms with Gasteiger partial charge in [-0.1, -0.05) is 24.3 Å². The highest BCUT2D eigenvalue weighted by molar-refractivity contribution is 5.83. The van der Waals surface area contributed by atoms with Crippen LogP contribution in [0.3, 0.4) is 0 Å². The minimum atomic E-state index is -0.259. The second-order valence-electron chi connectivity index (χ2n) is 14.6. The van der Waals surface area contributed by atoms with Crippen LogP contribution in [0.15, 0.2) is 94.5 Å². The Morgan fingerprint density at radius 3 is 1.51 bits per heavy atom. The topological polar surface area (TPSA) is 201 Å². The molecule has 0 bridgehead atoms. The number of benzene rings is 4. The van der Waals surface area contributed by atoms with Gasteiger partial charge in [0.1, 0.15) is 57.4 Å². The zero-order valence-corrected chi connectivity index (χ0v) is 36.6. The zero-order valence-electron chi connectivity index (χ0n) is 36.6. The smallest absolute Gasteiger partial charge is 0.284 e. The van der Waals surface area contributed by atoms with Gasteiger partial charge >= 0.3 is 0 Å². The van der Waals surface area contributed by atoms with E-state index in [-0.39, 0.29) is 36.2 Å². The summed E-state index contributed by atoms with van der Waals surface area (Å²) < 4.78 is 28.5. The fourth-order valence-corrected chi connectivity index (χ4v) is 7.48. The maximum atomic E-state index is 13.7. The number of fused-ring (bicyclic) bond motifs is 2. The highest BCUT2D eigenvalue weighted by atomic mass is 16.5. The molecule has 0 saturated heterocycles. The average Bonchev–Trinajstić information content (AvgIpc) is 4.06. The first-order valence-electron chi connectivity index (χ1n) is 20.1. The molecule has 0 radical (unpaired) electrons. The number of aromatic nitrogens is 8. The van der Waals surface area contributed by atoms with Crippen LogP contribution in [-0.4, -0.2) is 93.6 Å². The van der Waals surface area contributed by atoms with E-state index in [0.29, 0.717) is 68.8 Å². The zero-order chi connectivity index (χ0) is 44.9. The van der Waals surface area contributed by atoms with Crippen molar-refractivity contribution in [2.45, 2.75) is 33.4 Å². The third kappa shape index (κ3) is 8.42. The molecule has 4 aromatic heterocycles. The number of para-hydroxylation sites is 4. The summed E-state index contributed by atoms with van der Waals surface area (Å²) in [5.74, 6) is 4.37. The van der Waals surface area contributed by atoms with E-state index in [0.717, 1.165) is 22.1 Å². The van der Waals surface area contributed by atoms with Crippen molar-refractivity contribution in [3.8, 4) is 57.1 Å². The Hall–Kier alpha value is -7.89. The van der Waals surface area contributed by atoms with Gasteiger partial charge in [0.05, 0.1) is 68.4 Å². The molecule has 63 heavy (non-hydrogen) atoms. The first-order chi connectivity index (χ1) is 30.4. The summed E-state index contributed by atoms with van der Waals surface area (Å²) in [7, 11) is 9.85. The number of imidazole rings is 2. The summed E-state index contributed by atoms with van der Waals surface area (Å²) in [6.45, 7) is 6.01. The number of H-pyrrole nitrogens is 2. The molecule has 8 aromatic rings. The Morgan fingerprint density at radius 2 is 1.10 bits per heavy atom. The number of rotatable bonds is 14. The van der Waals surface area contributed by atoms with Gasteiger partial charge in [0.25, 0.3) is 11.1 Å². The molecule has 328 valence electrons. The number of aromatic amines is 2. The molecule has 1 amide bonds. The van der Waals surface area contributed by atoms with Gasteiger partial charge in [-0.05, 0) is 38.1 Å². The predicted octanol–water partition coefficient (Wildman–Crippen LogP) is 6.20. The first-order valence-corrected chi connectivity index (χ1v) is 20.1. The average molecular weight is 858 g/mol. The molecule has 0 unspecified atom stereocenters. The summed E-state index contributed by atoms with van der Waals surface area (Å²) in [5, 5.41) is 9.10. The summed E-state index contributed by atoms with van der Waals surface area (Å²) in [4.78, 5) is 54.6. The molecule has 0 aliphatic carbocycles. The number of methoxy groups -OCH3 is 4. The minimum absolute atomic E-state index is 0.00419. The van der Waals surface area contributed by atoms with Crippen LogP contribution in [0.25, 0.3) is 56.2 Å². The third-order valence-electron chi connectivity index (χ3n) is 10.3. The molecule has 18 heteroatoms. The first kappa shape index (κ1) is 43.2. The van der Waals surface area contributed by atoms with E-state index >= 15 is 0 Å². The quantitative estimate of drug-likeness (QED) is 0.0834. The van der Waals surface area contributed by atoms with Crippen molar-refractivity contribution in [3.63, 3.8) is 0 Å². The Labute approximate surface area is 362 Å². The molecule has 0 spiro atoms. The number of hydrogen-bond donors (Lipinski definition) is 5. The molecular formula is C45H51N11O7. The number of carbonyl (C=O) groups is 1. The van der Waals surface area contributed by atoms with E-state index in [2.05, 4.69) is 35.9 Å². The fraction of sp³-hybridized carbons (Fsp3) is 0.267. The summed E-state index contributed by atoms with van der Waals surface area (Å²) in [6.07, 6.45) is 0. The molecule has 5 N–H and O–H groups in total. The Bertz CT molecular complexity index is 2930. The number of nitrogens with zero attached hydrogens (tertiary/aromatic N) is 6. The summed E-state index contributed by atoms with van der Waals surface area (Å²) in [6, 6.07) is 26.1. The van der Waals surface area contributed by atoms with Crippen LogP contribution < -0.4 is 46.0 Å². The van der Waals surface area contributed by atoms with Crippen LogP contribution in [-0.2, 0) is 11.3 Å². The number of amides is 1. The maximum Gasteiger partial charge on any atom is 0.284 e. The maximum absolute atomic E-state index is 13.7. The molecule has 0 atom stereocenters. The van der Waals surface area contributed by atoms with Crippen LogP contribution in [0, 0.1) is 0 Å². The summed E-state index contributed by atoms with van der Waals surface area (Å²) in [5.41, 5.74) is 4.97. The van der Waals surface area contributed by atoms with Gasteiger partial charge in [0, 0.05) is 70.0 Å². The molecule has 4 heterocycles. The molecule has 0 fully saturated rings. The van der Waals surface area contributed by atoms with Gasteiger partial charge < -0.3 is 44.9 Å². The highest BCUT2D eigenvalue weighted by Gasteiger charge is 2.27. The van der Waals surface area contributed by atoms with Crippen molar-refractivity contribution in [1.82, 2.24) is 44.0 Å². The van der Waals surface area contributed by atoms with Gasteiger partial charge in [-0.25, -0.2) is 24.0 Å². The number of hydrogen-bond acceptors (Lipinski definition) is 11. The second kappa shape index (κ2) is 18.4. The lowest BCUT2D eigenvalue weighted by atomic mass is 10.2. The number of carbonyl (C=O) groups excluding carboxylic acids is 1. The molecule has 0 aliphatic rings. The Balaban J connectivity index is 0.000000190. The van der Waals surface area contributed by atoms with Crippen LogP contribution >= 0.6 is 0 Å². The van der Waals surface area contributed by atoms with Gasteiger partial charge in [-0.3, -0.25) is 19.1 Å². The molecule has 18 nitrogen and oxygen atoms in total. The third-order valence-corrected chi connectivity index (χ3v) is 10.3. The van der Waals surface area contributed by atoms with Crippen LogP contribution in [0.2, 0.25) is 0 Å². The molecule has 8 rings (SSSR count). The lowest BCUT2D eigenvalue weighted by Gasteiger charge is -2.19. The Kier molecular flexibility index (Phi) is 12.6. The van der Waals surface area contributed by atoms with Crippen molar-refractivity contribution in [2.24, 2.45) is 0 Å². The van der Waals surface area contributed by atoms with Gasteiger partial charge in [0.15, 0.2) is 0 Å². The van der Waals surface area contributed by atoms with Crippen molar-refractivity contribution in [1.29, 1.82) is 0 Å². The molecule has 0 aliphatic heterocycles. The van der Waals surface area contributed by atoms with Gasteiger partial charge in [-0.2, -0.15) is 0 Å². The lowest BCUT2D eigenvalue weighted by molar-refractivity contribution is -0.119. The van der Waals surface area contributed by atoms with E-state index in [4.69, 9.17) is 18.9 Å². The van der Waals surface area contributed by atoms with Gasteiger partial charge in [0.2, 0.25) is 5.91 Å². The van der Waals surface area contributed by atoms with Crippen molar-refractivity contribution < 1.29 is 23.7 Å². The monoisotopic (exact) mass is 857 g/mol. The number of anilines is 2. The highest BCUT2D eigenvalue weighted by Crippen LogP contribution is 2.33. The molecule has 0 saturated carbocycles. The molecule has 4 aromatic carbocycles. The normalized spacial score (nSPS) is 11.1. The predicted molar refractivity (Wildman–Crippen MR) is 245 cm³/mol. The Morgan fingerprint density at radius 1 is 0.651 bits per heavy atom. The SMILES string of the molecule is CNc1c(-c2nc3ccccc3[nH]2)c(=O)n(-c2cc(OC)cc(OC)c2)n1C(C)C.CNc1c(-c2nc3ccccc3[nH]2)c(=O)n(CCNC(C)=O)n1-c1cc(OC)cc(OC)c1. The van der Waals surface area contributed by atoms with Gasteiger partial charge in [-0.15, -0.1) is 0 Å². The van der Waals surface area contributed by atoms with E-state index in [1.165, 1.54) is 6.92 Å². The van der Waals surface area contributed by atoms with Crippen LogP contribution in [0.1, 0.15) is 26.8 Å². The lowest BCUT2D eigenvalue weighted by Crippen LogP contribution is -2.31. The fourth-order valence-electron chi connectivity index (χ4n) is 7.48. The van der Waals surface area contributed by atoms with Crippen molar-refractivity contribution >= 4 is 39.6 Å². The molecular weight excluding hydrogens is 807 g/mol. The second-order valence-corrected chi connectivity index (χ2v) is 14.6. The minimum Gasteiger partial charge on any atom is -0.497 e. The van der Waals surface area contributed by atoms with E-state index in [9.17, 15) is 14.4 Å².